The Hall–Kier alpha value is -0.280. The topological polar surface area (TPSA) is 38.3 Å². The predicted molar refractivity (Wildman–Crippen MR) is 51.9 cm³/mol. The van der Waals surface area contributed by atoms with Gasteiger partial charge < -0.3 is 10.1 Å². The van der Waals surface area contributed by atoms with Gasteiger partial charge in [0.2, 0.25) is 0 Å². The van der Waals surface area contributed by atoms with Crippen LogP contribution in [0.2, 0.25) is 0 Å². The molecule has 3 aliphatic rings. The summed E-state index contributed by atoms with van der Waals surface area (Å²) in [6.45, 7) is 0. The molecule has 0 aromatic carbocycles. The molecule has 1 atom stereocenters. The second-order valence-electron chi connectivity index (χ2n) is 3.78. The quantitative estimate of drug-likeness (QED) is 0.652. The third-order valence-electron chi connectivity index (χ3n) is 3.11. The van der Waals surface area contributed by atoms with E-state index in [2.05, 4.69) is 5.32 Å². The lowest BCUT2D eigenvalue weighted by molar-refractivity contribution is -0.147. The highest BCUT2D eigenvalue weighted by atomic mass is 35.5. The number of piperidine rings is 2. The molecule has 3 rings (SSSR count). The number of ether oxygens (including phenoxy) is 1. The van der Waals surface area contributed by atoms with Gasteiger partial charge in [-0.25, -0.2) is 0 Å². The summed E-state index contributed by atoms with van der Waals surface area (Å²) in [5, 5.41) is 3.33. The van der Waals surface area contributed by atoms with Crippen LogP contribution >= 0.6 is 12.4 Å². The van der Waals surface area contributed by atoms with Gasteiger partial charge >= 0.3 is 5.97 Å². The van der Waals surface area contributed by atoms with Gasteiger partial charge in [0.15, 0.2) is 0 Å². The maximum atomic E-state index is 11.3. The normalized spacial score (nSPS) is 36.5. The van der Waals surface area contributed by atoms with E-state index in [4.69, 9.17) is 4.74 Å². The minimum absolute atomic E-state index is 0. The molecule has 1 aliphatic carbocycles. The molecule has 3 nitrogen and oxygen atoms in total. The van der Waals surface area contributed by atoms with E-state index in [-0.39, 0.29) is 24.4 Å². The van der Waals surface area contributed by atoms with E-state index < -0.39 is 0 Å². The molecular formula is C9H16ClNO2. The van der Waals surface area contributed by atoms with Crippen molar-refractivity contribution in [2.24, 2.45) is 5.92 Å². The first-order valence-corrected chi connectivity index (χ1v) is 4.65. The number of carbonyl (C=O) groups excluding carboxylic acids is 1. The zero-order valence-electron chi connectivity index (χ0n) is 7.79. The van der Waals surface area contributed by atoms with Crippen molar-refractivity contribution in [2.45, 2.75) is 37.8 Å². The molecule has 2 saturated heterocycles. The summed E-state index contributed by atoms with van der Waals surface area (Å²) in [5.41, 5.74) is 0. The number of carbonyl (C=O) groups is 1. The molecule has 1 saturated carbocycles. The van der Waals surface area contributed by atoms with Crippen molar-refractivity contribution in [3.63, 3.8) is 0 Å². The van der Waals surface area contributed by atoms with Gasteiger partial charge in [0.25, 0.3) is 0 Å². The first-order chi connectivity index (χ1) is 5.81. The molecule has 0 amide bonds. The maximum Gasteiger partial charge on any atom is 0.323 e. The third kappa shape index (κ3) is 1.97. The van der Waals surface area contributed by atoms with Crippen molar-refractivity contribution in [1.29, 1.82) is 0 Å². The second-order valence-corrected chi connectivity index (χ2v) is 3.78. The van der Waals surface area contributed by atoms with Crippen LogP contribution in [0.25, 0.3) is 0 Å². The highest BCUT2D eigenvalue weighted by Crippen LogP contribution is 2.33. The Bertz CT molecular complexity index is 190. The van der Waals surface area contributed by atoms with E-state index in [1.165, 1.54) is 32.8 Å². The van der Waals surface area contributed by atoms with Crippen molar-refractivity contribution < 1.29 is 9.53 Å². The summed E-state index contributed by atoms with van der Waals surface area (Å²) >= 11 is 0. The molecular weight excluding hydrogens is 190 g/mol. The Balaban J connectivity index is 0.000000845. The summed E-state index contributed by atoms with van der Waals surface area (Å²) in [4.78, 5) is 11.3. The molecule has 2 heterocycles. The van der Waals surface area contributed by atoms with Crippen LogP contribution in [-0.2, 0) is 9.53 Å². The fraction of sp³-hybridized carbons (Fsp3) is 0.889. The van der Waals surface area contributed by atoms with E-state index >= 15 is 0 Å². The Morgan fingerprint density at radius 2 is 1.92 bits per heavy atom. The molecule has 4 heteroatoms. The molecule has 13 heavy (non-hydrogen) atoms. The lowest BCUT2D eigenvalue weighted by Crippen LogP contribution is -2.56. The minimum atomic E-state index is -0.0793. The number of halogens is 1. The largest absolute Gasteiger partial charge is 0.468 e. The highest BCUT2D eigenvalue weighted by Gasteiger charge is 2.39. The second kappa shape index (κ2) is 4.29. The van der Waals surface area contributed by atoms with Crippen LogP contribution in [0.15, 0.2) is 0 Å². The Morgan fingerprint density at radius 1 is 1.31 bits per heavy atom. The number of methoxy groups -OCH3 is 1. The van der Waals surface area contributed by atoms with Crippen molar-refractivity contribution in [3.05, 3.63) is 0 Å². The zero-order chi connectivity index (χ0) is 8.55. The third-order valence-corrected chi connectivity index (χ3v) is 3.11. The summed E-state index contributed by atoms with van der Waals surface area (Å²) in [7, 11) is 1.46. The first kappa shape index (κ1) is 10.8. The minimum Gasteiger partial charge on any atom is -0.468 e. The molecule has 0 radical (unpaired) electrons. The van der Waals surface area contributed by atoms with Gasteiger partial charge in [0.05, 0.1) is 7.11 Å². The summed E-state index contributed by atoms with van der Waals surface area (Å²) in [5.74, 6) is 0.451. The SMILES string of the molecule is COC(=O)C1NC2CCC1CC2.Cl. The molecule has 3 fully saturated rings. The van der Waals surface area contributed by atoms with E-state index in [1.54, 1.807) is 0 Å². The van der Waals surface area contributed by atoms with Crippen molar-refractivity contribution >= 4 is 18.4 Å². The van der Waals surface area contributed by atoms with Gasteiger partial charge in [0.1, 0.15) is 6.04 Å². The Labute approximate surface area is 84.6 Å². The molecule has 2 aliphatic heterocycles. The average Bonchev–Trinajstić information content (AvgIpc) is 2.18. The van der Waals surface area contributed by atoms with Crippen LogP contribution in [0.1, 0.15) is 25.7 Å². The number of nitrogens with one attached hydrogen (secondary N) is 1. The van der Waals surface area contributed by atoms with Crippen molar-refractivity contribution in [1.82, 2.24) is 5.32 Å². The van der Waals surface area contributed by atoms with Crippen molar-refractivity contribution in [3.8, 4) is 0 Å². The van der Waals surface area contributed by atoms with Crippen LogP contribution in [0.5, 0.6) is 0 Å². The van der Waals surface area contributed by atoms with Gasteiger partial charge in [-0.15, -0.1) is 12.4 Å². The molecule has 0 aromatic rings. The molecule has 1 N–H and O–H groups in total. The number of hydrogen-bond donors (Lipinski definition) is 1. The molecule has 0 aromatic heterocycles. The molecule has 76 valence electrons. The summed E-state index contributed by atoms with van der Waals surface area (Å²) < 4.78 is 4.74. The van der Waals surface area contributed by atoms with E-state index in [9.17, 15) is 4.79 Å². The van der Waals surface area contributed by atoms with E-state index in [1.807, 2.05) is 0 Å². The smallest absolute Gasteiger partial charge is 0.323 e. The summed E-state index contributed by atoms with van der Waals surface area (Å²) in [6, 6.07) is 0.557. The monoisotopic (exact) mass is 205 g/mol. The lowest BCUT2D eigenvalue weighted by atomic mass is 9.76. The first-order valence-electron chi connectivity index (χ1n) is 4.65. The number of esters is 1. The number of rotatable bonds is 1. The predicted octanol–water partition coefficient (Wildman–Crippen LogP) is 1.11. The highest BCUT2D eigenvalue weighted by molar-refractivity contribution is 5.85. The van der Waals surface area contributed by atoms with Crippen LogP contribution in [-0.4, -0.2) is 25.2 Å². The van der Waals surface area contributed by atoms with Crippen LogP contribution in [0, 0.1) is 5.92 Å². The fourth-order valence-electron chi connectivity index (χ4n) is 2.40. The number of fused-ring (bicyclic) bond motifs is 3. The van der Waals surface area contributed by atoms with Gasteiger partial charge in [-0.2, -0.15) is 0 Å². The molecule has 2 bridgehead atoms. The molecule has 0 spiro atoms. The van der Waals surface area contributed by atoms with Gasteiger partial charge in [-0.05, 0) is 31.6 Å². The fourth-order valence-corrected chi connectivity index (χ4v) is 2.40. The van der Waals surface area contributed by atoms with Gasteiger partial charge in [-0.3, -0.25) is 4.79 Å². The van der Waals surface area contributed by atoms with E-state index in [0.717, 1.165) is 0 Å². The molecule has 1 unspecified atom stereocenters. The average molecular weight is 206 g/mol. The van der Waals surface area contributed by atoms with E-state index in [0.29, 0.717) is 12.0 Å². The van der Waals surface area contributed by atoms with Crippen molar-refractivity contribution in [2.75, 3.05) is 7.11 Å². The van der Waals surface area contributed by atoms with Gasteiger partial charge in [-0.1, -0.05) is 0 Å². The maximum absolute atomic E-state index is 11.3. The number of hydrogen-bond acceptors (Lipinski definition) is 3. The van der Waals surface area contributed by atoms with Crippen LogP contribution < -0.4 is 5.32 Å². The zero-order valence-corrected chi connectivity index (χ0v) is 8.60. The van der Waals surface area contributed by atoms with Crippen LogP contribution in [0.4, 0.5) is 0 Å². The lowest BCUT2D eigenvalue weighted by Gasteiger charge is -2.41. The Kier molecular flexibility index (Phi) is 3.56. The summed E-state index contributed by atoms with van der Waals surface area (Å²) in [6.07, 6.45) is 4.85. The van der Waals surface area contributed by atoms with Crippen LogP contribution in [0.3, 0.4) is 0 Å². The van der Waals surface area contributed by atoms with Gasteiger partial charge in [0, 0.05) is 6.04 Å². The Morgan fingerprint density at radius 3 is 2.31 bits per heavy atom. The standard InChI is InChI=1S/C9H15NO2.ClH/c1-12-9(11)8-6-2-4-7(10-8)5-3-6;/h6-8,10H,2-5H2,1H3;1H.